The minimum absolute atomic E-state index is 0.0836. The first kappa shape index (κ1) is 12.9. The van der Waals surface area contributed by atoms with Gasteiger partial charge in [0.15, 0.2) is 5.78 Å². The van der Waals surface area contributed by atoms with Crippen molar-refractivity contribution in [2.24, 2.45) is 0 Å². The van der Waals surface area contributed by atoms with Crippen molar-refractivity contribution in [3.05, 3.63) is 72.3 Å². The second-order valence-electron chi connectivity index (χ2n) is 4.05. The van der Waals surface area contributed by atoms with Gasteiger partial charge in [-0.2, -0.15) is 0 Å². The molecule has 0 atom stereocenters. The van der Waals surface area contributed by atoms with Crippen molar-refractivity contribution in [3.8, 4) is 5.75 Å². The number of nitrogens with two attached hydrogens (primary N) is 1. The van der Waals surface area contributed by atoms with Crippen LogP contribution in [0.3, 0.4) is 0 Å². The Morgan fingerprint density at radius 2 is 1.84 bits per heavy atom. The third kappa shape index (κ3) is 3.01. The number of ketones is 1. The zero-order chi connectivity index (χ0) is 13.7. The van der Waals surface area contributed by atoms with Crippen LogP contribution >= 0.6 is 0 Å². The number of anilines is 1. The number of para-hydroxylation sites is 1. The number of hydrogen-bond acceptors (Lipinski definition) is 3. The molecule has 0 saturated carbocycles. The SMILES string of the molecule is C=CCOc1ccccc1C(=O)c1ccc(N)cc1. The number of benzene rings is 2. The number of hydrogen-bond donors (Lipinski definition) is 1. The zero-order valence-corrected chi connectivity index (χ0v) is 10.5. The summed E-state index contributed by atoms with van der Waals surface area (Å²) >= 11 is 0. The van der Waals surface area contributed by atoms with Crippen LogP contribution in [0.15, 0.2) is 61.2 Å². The van der Waals surface area contributed by atoms with E-state index in [2.05, 4.69) is 6.58 Å². The average Bonchev–Trinajstić information content (AvgIpc) is 2.45. The van der Waals surface area contributed by atoms with E-state index in [1.165, 1.54) is 0 Å². The van der Waals surface area contributed by atoms with Gasteiger partial charge in [-0.25, -0.2) is 0 Å². The molecule has 2 rings (SSSR count). The molecule has 0 aromatic heterocycles. The maximum Gasteiger partial charge on any atom is 0.196 e. The molecule has 0 spiro atoms. The Hall–Kier alpha value is -2.55. The third-order valence-corrected chi connectivity index (χ3v) is 2.66. The Labute approximate surface area is 112 Å². The molecule has 0 aliphatic carbocycles. The molecular weight excluding hydrogens is 238 g/mol. The van der Waals surface area contributed by atoms with Gasteiger partial charge in [0.05, 0.1) is 5.56 Å². The predicted octanol–water partition coefficient (Wildman–Crippen LogP) is 3.06. The van der Waals surface area contributed by atoms with Crippen molar-refractivity contribution >= 4 is 11.5 Å². The van der Waals surface area contributed by atoms with Crippen LogP contribution in [0.2, 0.25) is 0 Å². The van der Waals surface area contributed by atoms with E-state index in [1.54, 1.807) is 42.5 Å². The van der Waals surface area contributed by atoms with Gasteiger partial charge in [-0.05, 0) is 36.4 Å². The fourth-order valence-electron chi connectivity index (χ4n) is 1.72. The Balaban J connectivity index is 2.32. The average molecular weight is 253 g/mol. The van der Waals surface area contributed by atoms with Crippen LogP contribution in [-0.2, 0) is 0 Å². The van der Waals surface area contributed by atoms with E-state index < -0.39 is 0 Å². The lowest BCUT2D eigenvalue weighted by molar-refractivity contribution is 0.103. The molecule has 19 heavy (non-hydrogen) atoms. The summed E-state index contributed by atoms with van der Waals surface area (Å²) in [6.07, 6.45) is 1.64. The Morgan fingerprint density at radius 1 is 1.16 bits per heavy atom. The molecule has 3 heteroatoms. The smallest absolute Gasteiger partial charge is 0.196 e. The molecular formula is C16H15NO2. The lowest BCUT2D eigenvalue weighted by Gasteiger charge is -2.09. The predicted molar refractivity (Wildman–Crippen MR) is 76.4 cm³/mol. The summed E-state index contributed by atoms with van der Waals surface area (Å²) in [6, 6.07) is 14.0. The fraction of sp³-hybridized carbons (Fsp3) is 0.0625. The highest BCUT2D eigenvalue weighted by Gasteiger charge is 2.13. The van der Waals surface area contributed by atoms with Gasteiger partial charge in [0.2, 0.25) is 0 Å². The van der Waals surface area contributed by atoms with Gasteiger partial charge in [-0.3, -0.25) is 4.79 Å². The molecule has 2 aromatic carbocycles. The number of carbonyl (C=O) groups excluding carboxylic acids is 1. The number of rotatable bonds is 5. The Kier molecular flexibility index (Phi) is 3.98. The summed E-state index contributed by atoms with van der Waals surface area (Å²) in [5, 5.41) is 0. The molecule has 0 saturated heterocycles. The Bertz CT molecular complexity index is 588. The lowest BCUT2D eigenvalue weighted by Crippen LogP contribution is -2.05. The van der Waals surface area contributed by atoms with Gasteiger partial charge in [-0.1, -0.05) is 24.8 Å². The van der Waals surface area contributed by atoms with Gasteiger partial charge in [0.25, 0.3) is 0 Å². The summed E-state index contributed by atoms with van der Waals surface area (Å²) in [6.45, 7) is 3.96. The van der Waals surface area contributed by atoms with Crippen LogP contribution in [0.5, 0.6) is 5.75 Å². The minimum Gasteiger partial charge on any atom is -0.489 e. The topological polar surface area (TPSA) is 52.3 Å². The number of ether oxygens (including phenoxy) is 1. The van der Waals surface area contributed by atoms with Crippen LogP contribution in [0.1, 0.15) is 15.9 Å². The first-order valence-corrected chi connectivity index (χ1v) is 5.95. The molecule has 0 heterocycles. The molecule has 0 radical (unpaired) electrons. The van der Waals surface area contributed by atoms with Gasteiger partial charge in [0.1, 0.15) is 12.4 Å². The molecule has 3 nitrogen and oxygen atoms in total. The summed E-state index contributed by atoms with van der Waals surface area (Å²) in [4.78, 5) is 12.4. The summed E-state index contributed by atoms with van der Waals surface area (Å²) in [5.41, 5.74) is 7.37. The van der Waals surface area contributed by atoms with Crippen LogP contribution in [0.25, 0.3) is 0 Å². The van der Waals surface area contributed by atoms with E-state index in [0.29, 0.717) is 29.2 Å². The first-order valence-electron chi connectivity index (χ1n) is 5.95. The van der Waals surface area contributed by atoms with Gasteiger partial charge < -0.3 is 10.5 Å². The van der Waals surface area contributed by atoms with E-state index >= 15 is 0 Å². The van der Waals surface area contributed by atoms with Gasteiger partial charge in [0, 0.05) is 11.3 Å². The molecule has 0 fully saturated rings. The van der Waals surface area contributed by atoms with E-state index in [4.69, 9.17) is 10.5 Å². The van der Waals surface area contributed by atoms with Crippen LogP contribution in [0.4, 0.5) is 5.69 Å². The van der Waals surface area contributed by atoms with Gasteiger partial charge in [-0.15, -0.1) is 0 Å². The zero-order valence-electron chi connectivity index (χ0n) is 10.5. The highest BCUT2D eigenvalue weighted by atomic mass is 16.5. The largest absolute Gasteiger partial charge is 0.489 e. The highest BCUT2D eigenvalue weighted by Crippen LogP contribution is 2.22. The van der Waals surface area contributed by atoms with Crippen molar-refractivity contribution in [2.45, 2.75) is 0 Å². The monoisotopic (exact) mass is 253 g/mol. The molecule has 0 aliphatic rings. The lowest BCUT2D eigenvalue weighted by atomic mass is 10.0. The second-order valence-corrected chi connectivity index (χ2v) is 4.05. The van der Waals surface area contributed by atoms with E-state index in [1.807, 2.05) is 12.1 Å². The van der Waals surface area contributed by atoms with Crippen molar-refractivity contribution in [1.82, 2.24) is 0 Å². The standard InChI is InChI=1S/C16H15NO2/c1-2-11-19-15-6-4-3-5-14(15)16(18)12-7-9-13(17)10-8-12/h2-10H,1,11,17H2. The maximum atomic E-state index is 12.4. The normalized spacial score (nSPS) is 9.89. The maximum absolute atomic E-state index is 12.4. The number of nitrogen functional groups attached to an aromatic ring is 1. The van der Waals surface area contributed by atoms with Gasteiger partial charge >= 0.3 is 0 Å². The van der Waals surface area contributed by atoms with Crippen molar-refractivity contribution in [1.29, 1.82) is 0 Å². The third-order valence-electron chi connectivity index (χ3n) is 2.66. The van der Waals surface area contributed by atoms with E-state index in [9.17, 15) is 4.79 Å². The molecule has 0 amide bonds. The second kappa shape index (κ2) is 5.87. The van der Waals surface area contributed by atoms with Crippen LogP contribution in [-0.4, -0.2) is 12.4 Å². The summed E-state index contributed by atoms with van der Waals surface area (Å²) < 4.78 is 5.49. The molecule has 96 valence electrons. The van der Waals surface area contributed by atoms with Crippen LogP contribution < -0.4 is 10.5 Å². The highest BCUT2D eigenvalue weighted by molar-refractivity contribution is 6.10. The summed E-state index contributed by atoms with van der Waals surface area (Å²) in [7, 11) is 0. The molecule has 2 aromatic rings. The molecule has 0 unspecified atom stereocenters. The minimum atomic E-state index is -0.0836. The number of carbonyl (C=O) groups is 1. The van der Waals surface area contributed by atoms with E-state index in [0.717, 1.165) is 0 Å². The molecule has 0 bridgehead atoms. The summed E-state index contributed by atoms with van der Waals surface area (Å²) in [5.74, 6) is 0.476. The van der Waals surface area contributed by atoms with Crippen LogP contribution in [0, 0.1) is 0 Å². The van der Waals surface area contributed by atoms with Crippen molar-refractivity contribution in [3.63, 3.8) is 0 Å². The Morgan fingerprint density at radius 3 is 2.53 bits per heavy atom. The quantitative estimate of drug-likeness (QED) is 0.506. The molecule has 2 N–H and O–H groups in total. The van der Waals surface area contributed by atoms with Crippen molar-refractivity contribution in [2.75, 3.05) is 12.3 Å². The fourth-order valence-corrected chi connectivity index (χ4v) is 1.72. The molecule has 0 aliphatic heterocycles. The first-order chi connectivity index (χ1) is 9.22. The van der Waals surface area contributed by atoms with E-state index in [-0.39, 0.29) is 5.78 Å². The van der Waals surface area contributed by atoms with Crippen molar-refractivity contribution < 1.29 is 9.53 Å².